The first-order valence-electron chi connectivity index (χ1n) is 12.3. The molecule has 0 aliphatic carbocycles. The second-order valence-corrected chi connectivity index (χ2v) is 9.65. The summed E-state index contributed by atoms with van der Waals surface area (Å²) in [7, 11) is 0. The number of nitrogens with one attached hydrogen (secondary N) is 3. The van der Waals surface area contributed by atoms with Crippen LogP contribution in [0, 0.1) is 6.92 Å². The second-order valence-electron chi connectivity index (χ2n) is 9.21. The average Bonchev–Trinajstić information content (AvgIpc) is 3.27. The molecule has 3 aromatic heterocycles. The van der Waals surface area contributed by atoms with Crippen molar-refractivity contribution in [2.45, 2.75) is 32.4 Å². The smallest absolute Gasteiger partial charge is 0.253 e. The lowest BCUT2D eigenvalue weighted by atomic mass is 10.1. The Hall–Kier alpha value is -3.53. The van der Waals surface area contributed by atoms with Gasteiger partial charge in [0.2, 0.25) is 5.91 Å². The fourth-order valence-corrected chi connectivity index (χ4v) is 5.00. The molecule has 0 saturated carbocycles. The summed E-state index contributed by atoms with van der Waals surface area (Å²) in [5.74, 6) is -0.356. The van der Waals surface area contributed by atoms with Crippen LogP contribution in [0.2, 0.25) is 5.02 Å². The second kappa shape index (κ2) is 10.8. The van der Waals surface area contributed by atoms with Crippen LogP contribution in [0.15, 0.2) is 48.9 Å². The van der Waals surface area contributed by atoms with E-state index in [1.54, 1.807) is 36.8 Å². The Morgan fingerprint density at radius 1 is 1.27 bits per heavy atom. The number of aryl methyl sites for hydroxylation is 1. The molecule has 3 N–H and O–H groups in total. The monoisotopic (exact) mass is 520 g/mol. The molecule has 9 nitrogen and oxygen atoms in total. The molecule has 192 valence electrons. The van der Waals surface area contributed by atoms with Crippen LogP contribution in [0.5, 0.6) is 0 Å². The predicted molar refractivity (Wildman–Crippen MR) is 144 cm³/mol. The lowest BCUT2D eigenvalue weighted by Crippen LogP contribution is -2.56. The summed E-state index contributed by atoms with van der Waals surface area (Å²) in [6.45, 7) is 5.72. The third-order valence-electron chi connectivity index (χ3n) is 6.81. The molecule has 0 radical (unpaired) electrons. The summed E-state index contributed by atoms with van der Waals surface area (Å²) in [4.78, 5) is 40.2. The van der Waals surface area contributed by atoms with Gasteiger partial charge in [-0.15, -0.1) is 0 Å². The zero-order valence-electron chi connectivity index (χ0n) is 20.8. The molecule has 0 spiro atoms. The number of rotatable bonds is 7. The molecular weight excluding hydrogens is 492 g/mol. The van der Waals surface area contributed by atoms with Gasteiger partial charge < -0.3 is 20.4 Å². The maximum absolute atomic E-state index is 13.5. The molecule has 4 aromatic rings. The SMILES string of the molecule is CCC(CN1CCOCC1C(=O)Nc1cc(Cl)cc2c1[nH]c1cnccc12)NC(=O)c1cccnc1C. The van der Waals surface area contributed by atoms with Crippen molar-refractivity contribution in [2.24, 2.45) is 0 Å². The first-order valence-corrected chi connectivity index (χ1v) is 12.7. The molecule has 4 heterocycles. The van der Waals surface area contributed by atoms with Crippen LogP contribution in [0.4, 0.5) is 5.69 Å². The molecule has 2 unspecified atom stereocenters. The van der Waals surface area contributed by atoms with E-state index < -0.39 is 6.04 Å². The van der Waals surface area contributed by atoms with Gasteiger partial charge in [0.25, 0.3) is 5.91 Å². The summed E-state index contributed by atoms with van der Waals surface area (Å²) < 4.78 is 5.67. The number of ether oxygens (including phenoxy) is 1. The number of hydrogen-bond acceptors (Lipinski definition) is 6. The van der Waals surface area contributed by atoms with Gasteiger partial charge in [0.1, 0.15) is 6.04 Å². The lowest BCUT2D eigenvalue weighted by Gasteiger charge is -2.36. The van der Waals surface area contributed by atoms with Gasteiger partial charge in [0.05, 0.1) is 41.7 Å². The van der Waals surface area contributed by atoms with Gasteiger partial charge >= 0.3 is 0 Å². The van der Waals surface area contributed by atoms with Gasteiger partial charge in [-0.3, -0.25) is 24.5 Å². The highest BCUT2D eigenvalue weighted by molar-refractivity contribution is 6.33. The molecule has 2 amide bonds. The van der Waals surface area contributed by atoms with Crippen molar-refractivity contribution in [1.82, 2.24) is 25.2 Å². The number of hydrogen-bond donors (Lipinski definition) is 3. The minimum atomic E-state index is -0.514. The third-order valence-corrected chi connectivity index (χ3v) is 7.03. The normalized spacial score (nSPS) is 17.1. The van der Waals surface area contributed by atoms with E-state index >= 15 is 0 Å². The van der Waals surface area contributed by atoms with Crippen molar-refractivity contribution < 1.29 is 14.3 Å². The number of morpholine rings is 1. The van der Waals surface area contributed by atoms with Crippen molar-refractivity contribution in [2.75, 3.05) is 31.6 Å². The van der Waals surface area contributed by atoms with Crippen LogP contribution in [0.1, 0.15) is 29.4 Å². The number of carbonyl (C=O) groups excluding carboxylic acids is 2. The van der Waals surface area contributed by atoms with Gasteiger partial charge in [-0.1, -0.05) is 18.5 Å². The molecule has 1 aromatic carbocycles. The lowest BCUT2D eigenvalue weighted by molar-refractivity contribution is -0.127. The number of fused-ring (bicyclic) bond motifs is 3. The minimum Gasteiger partial charge on any atom is -0.378 e. The van der Waals surface area contributed by atoms with Gasteiger partial charge in [-0.05, 0) is 43.7 Å². The Labute approximate surface area is 219 Å². The molecule has 37 heavy (non-hydrogen) atoms. The van der Waals surface area contributed by atoms with Crippen molar-refractivity contribution in [3.63, 3.8) is 0 Å². The summed E-state index contributed by atoms with van der Waals surface area (Å²) in [6, 6.07) is 8.39. The van der Waals surface area contributed by atoms with E-state index in [0.29, 0.717) is 41.7 Å². The van der Waals surface area contributed by atoms with Crippen molar-refractivity contribution in [3.05, 3.63) is 65.2 Å². The van der Waals surface area contributed by atoms with Crippen molar-refractivity contribution in [1.29, 1.82) is 0 Å². The van der Waals surface area contributed by atoms with E-state index in [1.807, 2.05) is 26.0 Å². The summed E-state index contributed by atoms with van der Waals surface area (Å²) >= 11 is 6.42. The number of aromatic amines is 1. The minimum absolute atomic E-state index is 0.139. The standard InChI is InChI=1S/C27H29ClN6O3/c1-3-18(31-26(35)19-5-4-7-30-16(19)2)14-34-9-10-37-15-24(34)27(36)33-22-12-17(28)11-21-20-6-8-29-13-23(20)32-25(21)22/h4-8,11-13,18,24,32H,3,9-10,14-15H2,1-2H3,(H,31,35)(H,33,36). The van der Waals surface area contributed by atoms with E-state index in [2.05, 4.69) is 30.5 Å². The Balaban J connectivity index is 1.33. The fraction of sp³-hybridized carbons (Fsp3) is 0.333. The van der Waals surface area contributed by atoms with Gasteiger partial charge in [-0.2, -0.15) is 0 Å². The topological polar surface area (TPSA) is 112 Å². The number of aromatic nitrogens is 3. The predicted octanol–water partition coefficient (Wildman–Crippen LogP) is 3.92. The molecule has 5 rings (SSSR count). The maximum Gasteiger partial charge on any atom is 0.253 e. The number of benzene rings is 1. The van der Waals surface area contributed by atoms with Crippen LogP contribution in [-0.2, 0) is 9.53 Å². The molecule has 1 aliphatic rings. The number of H-pyrrole nitrogens is 1. The van der Waals surface area contributed by atoms with Crippen LogP contribution >= 0.6 is 11.6 Å². The first kappa shape index (κ1) is 25.1. The first-order chi connectivity index (χ1) is 17.9. The number of halogens is 1. The average molecular weight is 521 g/mol. The maximum atomic E-state index is 13.5. The Morgan fingerprint density at radius 2 is 2.14 bits per heavy atom. The molecular formula is C27H29ClN6O3. The van der Waals surface area contributed by atoms with Crippen LogP contribution in [-0.4, -0.2) is 70.1 Å². The summed E-state index contributed by atoms with van der Waals surface area (Å²) in [5.41, 5.74) is 3.48. The molecule has 10 heteroatoms. The van der Waals surface area contributed by atoms with Crippen LogP contribution in [0.3, 0.4) is 0 Å². The quantitative estimate of drug-likeness (QED) is 0.340. The Morgan fingerprint density at radius 3 is 2.95 bits per heavy atom. The van der Waals surface area contributed by atoms with E-state index in [4.69, 9.17) is 16.3 Å². The van der Waals surface area contributed by atoms with Gasteiger partial charge in [-0.25, -0.2) is 0 Å². The summed E-state index contributed by atoms with van der Waals surface area (Å²) in [5, 5.41) is 8.59. The van der Waals surface area contributed by atoms with Crippen LogP contribution < -0.4 is 10.6 Å². The molecule has 2 atom stereocenters. The van der Waals surface area contributed by atoms with Gasteiger partial charge in [0, 0.05) is 53.0 Å². The number of carbonyl (C=O) groups is 2. The zero-order chi connectivity index (χ0) is 25.9. The highest BCUT2D eigenvalue weighted by atomic mass is 35.5. The van der Waals surface area contributed by atoms with Crippen LogP contribution in [0.25, 0.3) is 21.8 Å². The summed E-state index contributed by atoms with van der Waals surface area (Å²) in [6.07, 6.45) is 5.86. The van der Waals surface area contributed by atoms with E-state index in [0.717, 1.165) is 28.2 Å². The highest BCUT2D eigenvalue weighted by Crippen LogP contribution is 2.33. The third kappa shape index (κ3) is 5.29. The fourth-order valence-electron chi connectivity index (χ4n) is 4.78. The Bertz CT molecular complexity index is 1450. The van der Waals surface area contributed by atoms with E-state index in [1.165, 1.54) is 0 Å². The highest BCUT2D eigenvalue weighted by Gasteiger charge is 2.32. The molecule has 1 aliphatic heterocycles. The van der Waals surface area contributed by atoms with E-state index in [-0.39, 0.29) is 24.5 Å². The van der Waals surface area contributed by atoms with Crippen molar-refractivity contribution >= 4 is 50.9 Å². The zero-order valence-corrected chi connectivity index (χ0v) is 21.5. The van der Waals surface area contributed by atoms with E-state index in [9.17, 15) is 9.59 Å². The largest absolute Gasteiger partial charge is 0.378 e. The van der Waals surface area contributed by atoms with Gasteiger partial charge in [0.15, 0.2) is 0 Å². The molecule has 0 bridgehead atoms. The molecule has 1 fully saturated rings. The van der Waals surface area contributed by atoms with Crippen molar-refractivity contribution in [3.8, 4) is 0 Å². The number of anilines is 1. The number of nitrogens with zero attached hydrogens (tertiary/aromatic N) is 3. The number of pyridine rings is 2. The number of amides is 2. The Kier molecular flexibility index (Phi) is 7.36. The molecule has 1 saturated heterocycles.